The molecular weight excluding hydrogens is 320 g/mol. The summed E-state index contributed by atoms with van der Waals surface area (Å²) in [7, 11) is 0. The Balaban J connectivity index is 1.82. The minimum atomic E-state index is -0.327. The SMILES string of the molecule is Cc1noc2nc(C)n(CC(=O)Nc3ccc(C(C)C)cc3)c(=O)c12. The van der Waals surface area contributed by atoms with E-state index in [9.17, 15) is 9.59 Å². The van der Waals surface area contributed by atoms with E-state index in [0.29, 0.717) is 28.5 Å². The summed E-state index contributed by atoms with van der Waals surface area (Å²) in [6.45, 7) is 7.43. The lowest BCUT2D eigenvalue weighted by atomic mass is 10.0. The molecular formula is C18H20N4O3. The van der Waals surface area contributed by atoms with E-state index in [1.54, 1.807) is 13.8 Å². The van der Waals surface area contributed by atoms with E-state index < -0.39 is 0 Å². The van der Waals surface area contributed by atoms with Crippen LogP contribution in [0.1, 0.15) is 36.8 Å². The molecule has 0 saturated heterocycles. The van der Waals surface area contributed by atoms with Gasteiger partial charge in [0.2, 0.25) is 5.91 Å². The Hall–Kier alpha value is -2.96. The fraction of sp³-hybridized carbons (Fsp3) is 0.333. The minimum absolute atomic E-state index is 0.121. The van der Waals surface area contributed by atoms with Crippen LogP contribution in [0.5, 0.6) is 0 Å². The normalized spacial score (nSPS) is 11.2. The average molecular weight is 340 g/mol. The van der Waals surface area contributed by atoms with Crippen molar-refractivity contribution >= 4 is 22.7 Å². The maximum atomic E-state index is 12.6. The fourth-order valence-electron chi connectivity index (χ4n) is 2.65. The predicted molar refractivity (Wildman–Crippen MR) is 94.7 cm³/mol. The Morgan fingerprint density at radius 3 is 2.56 bits per heavy atom. The highest BCUT2D eigenvalue weighted by Crippen LogP contribution is 2.17. The third-order valence-electron chi connectivity index (χ3n) is 4.12. The first-order chi connectivity index (χ1) is 11.9. The second-order valence-electron chi connectivity index (χ2n) is 6.32. The number of benzene rings is 1. The second kappa shape index (κ2) is 6.51. The molecule has 0 spiro atoms. The van der Waals surface area contributed by atoms with Crippen molar-refractivity contribution in [3.63, 3.8) is 0 Å². The highest BCUT2D eigenvalue weighted by atomic mass is 16.5. The predicted octanol–water partition coefficient (Wildman–Crippen LogP) is 2.76. The van der Waals surface area contributed by atoms with E-state index in [2.05, 4.69) is 29.3 Å². The molecule has 1 aromatic carbocycles. The summed E-state index contributed by atoms with van der Waals surface area (Å²) < 4.78 is 6.35. The molecule has 2 heterocycles. The van der Waals surface area contributed by atoms with E-state index in [4.69, 9.17) is 4.52 Å². The maximum Gasteiger partial charge on any atom is 0.267 e. The number of amides is 1. The molecule has 130 valence electrons. The quantitative estimate of drug-likeness (QED) is 0.789. The van der Waals surface area contributed by atoms with Gasteiger partial charge in [0, 0.05) is 5.69 Å². The first-order valence-electron chi connectivity index (χ1n) is 8.10. The van der Waals surface area contributed by atoms with Crippen molar-refractivity contribution in [1.82, 2.24) is 14.7 Å². The molecule has 0 fully saturated rings. The fourth-order valence-corrected chi connectivity index (χ4v) is 2.65. The molecule has 1 amide bonds. The zero-order valence-corrected chi connectivity index (χ0v) is 14.7. The van der Waals surface area contributed by atoms with E-state index in [1.807, 2.05) is 24.3 Å². The van der Waals surface area contributed by atoms with Gasteiger partial charge < -0.3 is 9.84 Å². The van der Waals surface area contributed by atoms with Crippen molar-refractivity contribution in [2.24, 2.45) is 0 Å². The summed E-state index contributed by atoms with van der Waals surface area (Å²) in [5, 5.41) is 6.86. The lowest BCUT2D eigenvalue weighted by Crippen LogP contribution is -2.30. The lowest BCUT2D eigenvalue weighted by molar-refractivity contribution is -0.116. The number of carbonyl (C=O) groups is 1. The number of rotatable bonds is 4. The van der Waals surface area contributed by atoms with Crippen LogP contribution in [0.25, 0.3) is 11.1 Å². The van der Waals surface area contributed by atoms with Crippen LogP contribution in [-0.2, 0) is 11.3 Å². The molecule has 2 aromatic heterocycles. The van der Waals surface area contributed by atoms with Crippen LogP contribution in [-0.4, -0.2) is 20.6 Å². The highest BCUT2D eigenvalue weighted by molar-refractivity contribution is 5.90. The molecule has 0 aliphatic heterocycles. The number of nitrogens with zero attached hydrogens (tertiary/aromatic N) is 3. The monoisotopic (exact) mass is 340 g/mol. The molecule has 3 aromatic rings. The van der Waals surface area contributed by atoms with Crippen LogP contribution in [0.15, 0.2) is 33.6 Å². The molecule has 0 aliphatic rings. The minimum Gasteiger partial charge on any atom is -0.335 e. The van der Waals surface area contributed by atoms with Crippen LogP contribution >= 0.6 is 0 Å². The third kappa shape index (κ3) is 3.31. The summed E-state index contributed by atoms with van der Waals surface area (Å²) in [4.78, 5) is 29.1. The van der Waals surface area contributed by atoms with Gasteiger partial charge >= 0.3 is 0 Å². The summed E-state index contributed by atoms with van der Waals surface area (Å²) in [5.41, 5.74) is 2.22. The van der Waals surface area contributed by atoms with Crippen molar-refractivity contribution < 1.29 is 9.32 Å². The van der Waals surface area contributed by atoms with E-state index in [0.717, 1.165) is 0 Å². The summed E-state index contributed by atoms with van der Waals surface area (Å²) >= 11 is 0. The van der Waals surface area contributed by atoms with Gasteiger partial charge in [0.25, 0.3) is 11.3 Å². The van der Waals surface area contributed by atoms with Crippen molar-refractivity contribution in [1.29, 1.82) is 0 Å². The van der Waals surface area contributed by atoms with Crippen molar-refractivity contribution in [2.45, 2.75) is 40.2 Å². The van der Waals surface area contributed by atoms with Gasteiger partial charge in [-0.15, -0.1) is 0 Å². The van der Waals surface area contributed by atoms with Crippen molar-refractivity contribution in [3.05, 3.63) is 51.7 Å². The third-order valence-corrected chi connectivity index (χ3v) is 4.12. The van der Waals surface area contributed by atoms with Gasteiger partial charge in [0.15, 0.2) is 0 Å². The molecule has 0 saturated carbocycles. The molecule has 3 rings (SSSR count). The number of anilines is 1. The van der Waals surface area contributed by atoms with E-state index in [-0.39, 0.29) is 23.7 Å². The zero-order chi connectivity index (χ0) is 18.1. The number of hydrogen-bond donors (Lipinski definition) is 1. The molecule has 0 bridgehead atoms. The van der Waals surface area contributed by atoms with Crippen LogP contribution in [0.4, 0.5) is 5.69 Å². The number of carbonyl (C=O) groups excluding carboxylic acids is 1. The molecule has 0 aliphatic carbocycles. The standard InChI is InChI=1S/C18H20N4O3/c1-10(2)13-5-7-14(8-6-13)20-15(23)9-22-12(4)19-17-16(18(22)24)11(3)21-25-17/h5-8,10H,9H2,1-4H3,(H,20,23). The first-order valence-corrected chi connectivity index (χ1v) is 8.10. The summed E-state index contributed by atoms with van der Waals surface area (Å²) in [6, 6.07) is 7.67. The van der Waals surface area contributed by atoms with Gasteiger partial charge in [-0.1, -0.05) is 31.1 Å². The number of fused-ring (bicyclic) bond motifs is 1. The van der Waals surface area contributed by atoms with E-state index in [1.165, 1.54) is 10.1 Å². The molecule has 0 atom stereocenters. The Kier molecular flexibility index (Phi) is 4.39. The molecule has 7 nitrogen and oxygen atoms in total. The summed E-state index contributed by atoms with van der Waals surface area (Å²) in [5.74, 6) is 0.535. The topological polar surface area (TPSA) is 90.0 Å². The Morgan fingerprint density at radius 2 is 1.92 bits per heavy atom. The van der Waals surface area contributed by atoms with Gasteiger partial charge in [-0.05, 0) is 37.5 Å². The number of aromatic nitrogens is 3. The van der Waals surface area contributed by atoms with E-state index >= 15 is 0 Å². The van der Waals surface area contributed by atoms with Gasteiger partial charge in [-0.25, -0.2) is 0 Å². The smallest absolute Gasteiger partial charge is 0.267 e. The number of hydrogen-bond acceptors (Lipinski definition) is 5. The second-order valence-corrected chi connectivity index (χ2v) is 6.32. The van der Waals surface area contributed by atoms with Crippen LogP contribution < -0.4 is 10.9 Å². The summed E-state index contributed by atoms with van der Waals surface area (Å²) in [6.07, 6.45) is 0. The Bertz CT molecular complexity index is 984. The number of aryl methyl sites for hydroxylation is 2. The molecule has 7 heteroatoms. The number of nitrogens with one attached hydrogen (secondary N) is 1. The lowest BCUT2D eigenvalue weighted by Gasteiger charge is -2.11. The first kappa shape index (κ1) is 16.9. The van der Waals surface area contributed by atoms with Crippen molar-refractivity contribution in [2.75, 3.05) is 5.32 Å². The molecule has 1 N–H and O–H groups in total. The average Bonchev–Trinajstić information content (AvgIpc) is 2.92. The van der Waals surface area contributed by atoms with Crippen molar-refractivity contribution in [3.8, 4) is 0 Å². The Morgan fingerprint density at radius 1 is 1.24 bits per heavy atom. The maximum absolute atomic E-state index is 12.6. The van der Waals surface area contributed by atoms with Gasteiger partial charge in [-0.2, -0.15) is 4.98 Å². The van der Waals surface area contributed by atoms with Crippen LogP contribution in [0.3, 0.4) is 0 Å². The molecule has 0 radical (unpaired) electrons. The highest BCUT2D eigenvalue weighted by Gasteiger charge is 2.16. The van der Waals surface area contributed by atoms with Gasteiger partial charge in [0.1, 0.15) is 17.8 Å². The zero-order valence-electron chi connectivity index (χ0n) is 14.7. The Labute approximate surface area is 144 Å². The van der Waals surface area contributed by atoms with Crippen LogP contribution in [0, 0.1) is 13.8 Å². The van der Waals surface area contributed by atoms with Gasteiger partial charge in [0.05, 0.1) is 5.69 Å². The molecule has 0 unspecified atom stereocenters. The van der Waals surface area contributed by atoms with Crippen LogP contribution in [0.2, 0.25) is 0 Å². The molecule has 25 heavy (non-hydrogen) atoms. The van der Waals surface area contributed by atoms with Gasteiger partial charge in [-0.3, -0.25) is 14.2 Å². The largest absolute Gasteiger partial charge is 0.335 e.